The predicted octanol–water partition coefficient (Wildman–Crippen LogP) is 1.28. The number of ether oxygens (including phenoxy) is 2. The van der Waals surface area contributed by atoms with Crippen LogP contribution in [0.4, 0.5) is 0 Å². The smallest absolute Gasteiger partial charge is 0.162 e. The van der Waals surface area contributed by atoms with Crippen molar-refractivity contribution in [1.29, 1.82) is 0 Å². The molecule has 0 saturated carbocycles. The first-order valence-electron chi connectivity index (χ1n) is 4.79. The van der Waals surface area contributed by atoms with Gasteiger partial charge >= 0.3 is 0 Å². The minimum absolute atomic E-state index is 0.0985. The van der Waals surface area contributed by atoms with E-state index in [4.69, 9.17) is 9.47 Å². The zero-order valence-electron chi connectivity index (χ0n) is 7.57. The molecule has 0 spiro atoms. The fourth-order valence-electron chi connectivity index (χ4n) is 1.90. The van der Waals surface area contributed by atoms with E-state index in [0.29, 0.717) is 12.3 Å². The van der Waals surface area contributed by atoms with E-state index in [1.165, 1.54) is 12.3 Å². The molecule has 2 heterocycles. The van der Waals surface area contributed by atoms with E-state index < -0.39 is 0 Å². The highest BCUT2D eigenvalue weighted by Crippen LogP contribution is 2.25. The van der Waals surface area contributed by atoms with Crippen molar-refractivity contribution in [3.8, 4) is 0 Å². The van der Waals surface area contributed by atoms with Crippen LogP contribution >= 0.6 is 0 Å². The quantitative estimate of drug-likeness (QED) is 0.613. The van der Waals surface area contributed by atoms with Crippen LogP contribution in [0.15, 0.2) is 12.3 Å². The first-order chi connectivity index (χ1) is 6.36. The Labute approximate surface area is 77.7 Å². The van der Waals surface area contributed by atoms with E-state index in [0.717, 1.165) is 26.1 Å². The Morgan fingerprint density at radius 1 is 1.31 bits per heavy atom. The van der Waals surface area contributed by atoms with Gasteiger partial charge in [-0.1, -0.05) is 0 Å². The van der Waals surface area contributed by atoms with Gasteiger partial charge in [0.2, 0.25) is 0 Å². The van der Waals surface area contributed by atoms with Gasteiger partial charge in [-0.25, -0.2) is 0 Å². The molecule has 2 aliphatic heterocycles. The molecule has 0 aromatic heterocycles. The Bertz CT molecular complexity index is 216. The van der Waals surface area contributed by atoms with Crippen molar-refractivity contribution in [3.05, 3.63) is 12.3 Å². The van der Waals surface area contributed by atoms with Crippen LogP contribution in [-0.2, 0) is 14.3 Å². The van der Waals surface area contributed by atoms with Crippen molar-refractivity contribution < 1.29 is 14.3 Å². The topological polar surface area (TPSA) is 35.5 Å². The zero-order chi connectivity index (χ0) is 9.10. The minimum atomic E-state index is 0.0985. The van der Waals surface area contributed by atoms with Crippen LogP contribution in [0.1, 0.15) is 19.3 Å². The zero-order valence-corrected chi connectivity index (χ0v) is 7.57. The third kappa shape index (κ3) is 2.10. The molecule has 2 rings (SSSR count). The number of rotatable bonds is 1. The molecule has 13 heavy (non-hydrogen) atoms. The fourth-order valence-corrected chi connectivity index (χ4v) is 1.90. The molecule has 0 aromatic carbocycles. The summed E-state index contributed by atoms with van der Waals surface area (Å²) in [7, 11) is 0. The molecule has 2 aliphatic rings. The average molecular weight is 182 g/mol. The molecule has 0 aromatic rings. The van der Waals surface area contributed by atoms with Gasteiger partial charge in [0.05, 0.1) is 6.26 Å². The highest BCUT2D eigenvalue weighted by molar-refractivity contribution is 5.90. The van der Waals surface area contributed by atoms with Crippen LogP contribution in [0.5, 0.6) is 0 Å². The predicted molar refractivity (Wildman–Crippen MR) is 47.2 cm³/mol. The molecule has 1 saturated heterocycles. The molecule has 1 unspecified atom stereocenters. The van der Waals surface area contributed by atoms with Crippen molar-refractivity contribution in [2.45, 2.75) is 25.4 Å². The van der Waals surface area contributed by atoms with Gasteiger partial charge in [-0.3, -0.25) is 4.79 Å². The SMILES string of the molecule is O=C1C=COC(C2CCOCC2)C1. The molecule has 0 amide bonds. The third-order valence-electron chi connectivity index (χ3n) is 2.70. The second-order valence-electron chi connectivity index (χ2n) is 3.60. The van der Waals surface area contributed by atoms with Crippen molar-refractivity contribution >= 4 is 5.78 Å². The van der Waals surface area contributed by atoms with Crippen molar-refractivity contribution in [2.24, 2.45) is 5.92 Å². The molecule has 0 radical (unpaired) electrons. The summed E-state index contributed by atoms with van der Waals surface area (Å²) in [5, 5.41) is 0. The number of allylic oxidation sites excluding steroid dienone is 1. The van der Waals surface area contributed by atoms with Gasteiger partial charge < -0.3 is 9.47 Å². The maximum absolute atomic E-state index is 11.1. The molecule has 1 fully saturated rings. The summed E-state index contributed by atoms with van der Waals surface area (Å²) in [6.07, 6.45) is 5.72. The van der Waals surface area contributed by atoms with Gasteiger partial charge in [-0.2, -0.15) is 0 Å². The first kappa shape index (κ1) is 8.75. The molecule has 0 N–H and O–H groups in total. The normalized spacial score (nSPS) is 30.2. The first-order valence-corrected chi connectivity index (χ1v) is 4.79. The van der Waals surface area contributed by atoms with Crippen molar-refractivity contribution in [2.75, 3.05) is 13.2 Å². The Kier molecular flexibility index (Phi) is 2.64. The number of ketones is 1. The standard InChI is InChI=1S/C10H14O3/c11-9-3-6-13-10(7-9)8-1-4-12-5-2-8/h3,6,8,10H,1-2,4-5,7H2. The van der Waals surface area contributed by atoms with E-state index >= 15 is 0 Å². The fraction of sp³-hybridized carbons (Fsp3) is 0.700. The summed E-state index contributed by atoms with van der Waals surface area (Å²) in [6.45, 7) is 1.62. The molecule has 3 nitrogen and oxygen atoms in total. The summed E-state index contributed by atoms with van der Waals surface area (Å²) in [5.41, 5.74) is 0. The lowest BCUT2D eigenvalue weighted by Gasteiger charge is -2.30. The van der Waals surface area contributed by atoms with Gasteiger partial charge in [0.15, 0.2) is 5.78 Å². The molecule has 3 heteroatoms. The lowest BCUT2D eigenvalue weighted by Crippen LogP contribution is -2.31. The second-order valence-corrected chi connectivity index (χ2v) is 3.60. The molecule has 1 atom stereocenters. The summed E-state index contributed by atoms with van der Waals surface area (Å²) in [5.74, 6) is 0.686. The van der Waals surface area contributed by atoms with E-state index in [1.807, 2.05) is 0 Å². The van der Waals surface area contributed by atoms with Crippen LogP contribution in [0.2, 0.25) is 0 Å². The van der Waals surface area contributed by atoms with Crippen LogP contribution < -0.4 is 0 Å². The van der Waals surface area contributed by atoms with Crippen LogP contribution in [0.25, 0.3) is 0 Å². The third-order valence-corrected chi connectivity index (χ3v) is 2.70. The Balaban J connectivity index is 1.92. The highest BCUT2D eigenvalue weighted by atomic mass is 16.5. The maximum atomic E-state index is 11.1. The lowest BCUT2D eigenvalue weighted by molar-refractivity contribution is -0.120. The van der Waals surface area contributed by atoms with Gasteiger partial charge in [0.1, 0.15) is 6.10 Å². The molecular weight excluding hydrogens is 168 g/mol. The second kappa shape index (κ2) is 3.92. The maximum Gasteiger partial charge on any atom is 0.162 e. The van der Waals surface area contributed by atoms with E-state index in [-0.39, 0.29) is 11.9 Å². The minimum Gasteiger partial charge on any atom is -0.497 e. The van der Waals surface area contributed by atoms with E-state index in [9.17, 15) is 4.79 Å². The number of carbonyl (C=O) groups is 1. The van der Waals surface area contributed by atoms with Gasteiger partial charge in [0.25, 0.3) is 0 Å². The number of carbonyl (C=O) groups excluding carboxylic acids is 1. The number of hydrogen-bond donors (Lipinski definition) is 0. The highest BCUT2D eigenvalue weighted by Gasteiger charge is 2.27. The van der Waals surface area contributed by atoms with Gasteiger partial charge in [0, 0.05) is 31.6 Å². The van der Waals surface area contributed by atoms with Crippen LogP contribution in [0.3, 0.4) is 0 Å². The van der Waals surface area contributed by atoms with E-state index in [1.54, 1.807) is 0 Å². The summed E-state index contributed by atoms with van der Waals surface area (Å²) >= 11 is 0. The summed E-state index contributed by atoms with van der Waals surface area (Å²) in [6, 6.07) is 0. The number of hydrogen-bond acceptors (Lipinski definition) is 3. The van der Waals surface area contributed by atoms with Crippen molar-refractivity contribution in [3.63, 3.8) is 0 Å². The Morgan fingerprint density at radius 2 is 2.08 bits per heavy atom. The molecule has 0 bridgehead atoms. The summed E-state index contributed by atoms with van der Waals surface area (Å²) < 4.78 is 10.7. The largest absolute Gasteiger partial charge is 0.497 e. The molecule has 72 valence electrons. The molecular formula is C10H14O3. The van der Waals surface area contributed by atoms with Gasteiger partial charge in [-0.05, 0) is 12.8 Å². The molecule has 0 aliphatic carbocycles. The Hall–Kier alpha value is -0.830. The lowest BCUT2D eigenvalue weighted by atomic mass is 9.90. The monoisotopic (exact) mass is 182 g/mol. The summed E-state index contributed by atoms with van der Waals surface area (Å²) in [4.78, 5) is 11.1. The Morgan fingerprint density at radius 3 is 2.77 bits per heavy atom. The van der Waals surface area contributed by atoms with E-state index in [2.05, 4.69) is 0 Å². The van der Waals surface area contributed by atoms with Crippen LogP contribution in [-0.4, -0.2) is 25.1 Å². The van der Waals surface area contributed by atoms with Crippen molar-refractivity contribution in [1.82, 2.24) is 0 Å². The van der Waals surface area contributed by atoms with Crippen LogP contribution in [0, 0.1) is 5.92 Å². The average Bonchev–Trinajstić information content (AvgIpc) is 2.19. The van der Waals surface area contributed by atoms with Gasteiger partial charge in [-0.15, -0.1) is 0 Å².